The van der Waals surface area contributed by atoms with Crippen molar-refractivity contribution < 1.29 is 21.6 Å². The van der Waals surface area contributed by atoms with Gasteiger partial charge < -0.3 is 5.73 Å². The van der Waals surface area contributed by atoms with E-state index < -0.39 is 22.1 Å². The molecular weight excluding hydrogens is 293 g/mol. The van der Waals surface area contributed by atoms with Crippen LogP contribution in [0.1, 0.15) is 12.8 Å². The van der Waals surface area contributed by atoms with E-state index in [1.807, 2.05) is 0 Å². The Kier molecular flexibility index (Phi) is 3.97. The number of para-hydroxylation sites is 1. The highest BCUT2D eigenvalue weighted by molar-refractivity contribution is 7.89. The van der Waals surface area contributed by atoms with Crippen LogP contribution in [0.25, 0.3) is 0 Å². The summed E-state index contributed by atoms with van der Waals surface area (Å²) in [5.41, 5.74) is 5.73. The molecule has 0 saturated carbocycles. The lowest BCUT2D eigenvalue weighted by molar-refractivity contribution is -0.182. The van der Waals surface area contributed by atoms with Gasteiger partial charge in [0.15, 0.2) is 0 Å². The second-order valence-corrected chi connectivity index (χ2v) is 6.66. The van der Waals surface area contributed by atoms with Gasteiger partial charge in [-0.3, -0.25) is 0 Å². The molecule has 1 aromatic rings. The topological polar surface area (TPSA) is 63.4 Å². The van der Waals surface area contributed by atoms with E-state index in [0.717, 1.165) is 4.31 Å². The quantitative estimate of drug-likeness (QED) is 0.852. The van der Waals surface area contributed by atoms with Gasteiger partial charge in [-0.25, -0.2) is 8.42 Å². The van der Waals surface area contributed by atoms with Crippen LogP contribution in [-0.4, -0.2) is 32.0 Å². The standard InChI is InChI=1S/C12H15F3N2O2S/c13-12(14,15)9-5-7-17(8-6-9)20(18,19)11-4-2-1-3-10(11)16/h1-4,9H,5-8,16H2. The zero-order chi connectivity index (χ0) is 15.0. The molecule has 1 aliphatic heterocycles. The summed E-state index contributed by atoms with van der Waals surface area (Å²) in [5.74, 6) is -1.43. The Balaban J connectivity index is 2.16. The second kappa shape index (κ2) is 5.25. The van der Waals surface area contributed by atoms with Crippen LogP contribution < -0.4 is 5.73 Å². The second-order valence-electron chi connectivity index (χ2n) is 4.76. The molecule has 0 unspecified atom stereocenters. The van der Waals surface area contributed by atoms with Gasteiger partial charge in [0.2, 0.25) is 10.0 Å². The fourth-order valence-electron chi connectivity index (χ4n) is 2.28. The molecule has 0 spiro atoms. The average Bonchev–Trinajstić information content (AvgIpc) is 2.38. The van der Waals surface area contributed by atoms with E-state index in [0.29, 0.717) is 0 Å². The van der Waals surface area contributed by atoms with Crippen molar-refractivity contribution in [1.29, 1.82) is 0 Å². The number of nitrogen functional groups attached to an aromatic ring is 1. The van der Waals surface area contributed by atoms with Gasteiger partial charge in [-0.1, -0.05) is 12.1 Å². The monoisotopic (exact) mass is 308 g/mol. The molecule has 1 fully saturated rings. The first-order valence-corrected chi connectivity index (χ1v) is 7.58. The highest BCUT2D eigenvalue weighted by Gasteiger charge is 2.43. The maximum Gasteiger partial charge on any atom is 0.391 e. The van der Waals surface area contributed by atoms with E-state index >= 15 is 0 Å². The number of hydrogen-bond acceptors (Lipinski definition) is 3. The highest BCUT2D eigenvalue weighted by atomic mass is 32.2. The van der Waals surface area contributed by atoms with Gasteiger partial charge in [-0.05, 0) is 25.0 Å². The SMILES string of the molecule is Nc1ccccc1S(=O)(=O)N1CCC(C(F)(F)F)CC1. The summed E-state index contributed by atoms with van der Waals surface area (Å²) in [6.07, 6.45) is -4.69. The van der Waals surface area contributed by atoms with E-state index in [-0.39, 0.29) is 36.5 Å². The van der Waals surface area contributed by atoms with Crippen LogP contribution in [0.5, 0.6) is 0 Å². The number of nitrogens with zero attached hydrogens (tertiary/aromatic N) is 1. The maximum absolute atomic E-state index is 12.6. The zero-order valence-electron chi connectivity index (χ0n) is 10.6. The van der Waals surface area contributed by atoms with Gasteiger partial charge in [0.05, 0.1) is 11.6 Å². The molecular formula is C12H15F3N2O2S. The van der Waals surface area contributed by atoms with Crippen molar-refractivity contribution in [2.24, 2.45) is 5.92 Å². The average molecular weight is 308 g/mol. The molecule has 20 heavy (non-hydrogen) atoms. The van der Waals surface area contributed by atoms with Crippen LogP contribution in [0.2, 0.25) is 0 Å². The molecule has 0 atom stereocenters. The molecule has 112 valence electrons. The normalized spacial score (nSPS) is 19.1. The number of nitrogens with two attached hydrogens (primary N) is 1. The first kappa shape index (κ1) is 15.1. The Morgan fingerprint density at radius 3 is 2.20 bits per heavy atom. The zero-order valence-corrected chi connectivity index (χ0v) is 11.4. The summed E-state index contributed by atoms with van der Waals surface area (Å²) in [4.78, 5) is -0.0505. The fourth-order valence-corrected chi connectivity index (χ4v) is 3.86. The Bertz CT molecular complexity index is 579. The van der Waals surface area contributed by atoms with E-state index in [4.69, 9.17) is 5.73 Å². The largest absolute Gasteiger partial charge is 0.398 e. The fraction of sp³-hybridized carbons (Fsp3) is 0.500. The van der Waals surface area contributed by atoms with Crippen molar-refractivity contribution >= 4 is 15.7 Å². The molecule has 2 N–H and O–H groups in total. The first-order valence-electron chi connectivity index (χ1n) is 6.14. The molecule has 0 radical (unpaired) electrons. The Labute approximate surface area is 115 Å². The van der Waals surface area contributed by atoms with Gasteiger partial charge in [0.25, 0.3) is 0 Å². The Morgan fingerprint density at radius 1 is 1.15 bits per heavy atom. The van der Waals surface area contributed by atoms with Crippen LogP contribution in [0.4, 0.5) is 18.9 Å². The highest BCUT2D eigenvalue weighted by Crippen LogP contribution is 2.35. The molecule has 0 amide bonds. The Hall–Kier alpha value is -1.28. The van der Waals surface area contributed by atoms with Crippen LogP contribution in [0.15, 0.2) is 29.2 Å². The lowest BCUT2D eigenvalue weighted by Crippen LogP contribution is -2.42. The van der Waals surface area contributed by atoms with Crippen LogP contribution >= 0.6 is 0 Å². The van der Waals surface area contributed by atoms with Crippen molar-refractivity contribution in [2.75, 3.05) is 18.8 Å². The molecule has 2 rings (SSSR count). The van der Waals surface area contributed by atoms with Crippen molar-refractivity contribution in [3.05, 3.63) is 24.3 Å². The third kappa shape index (κ3) is 2.90. The number of benzene rings is 1. The summed E-state index contributed by atoms with van der Waals surface area (Å²) in [6, 6.07) is 5.95. The van der Waals surface area contributed by atoms with Crippen molar-refractivity contribution in [3.63, 3.8) is 0 Å². The number of halogens is 3. The van der Waals surface area contributed by atoms with Crippen LogP contribution in [0, 0.1) is 5.92 Å². The molecule has 0 aliphatic carbocycles. The predicted octanol–water partition coefficient (Wildman–Crippen LogP) is 2.23. The molecule has 8 heteroatoms. The van der Waals surface area contributed by atoms with E-state index in [1.165, 1.54) is 18.2 Å². The minimum Gasteiger partial charge on any atom is -0.398 e. The smallest absolute Gasteiger partial charge is 0.391 e. The molecule has 1 saturated heterocycles. The number of piperidine rings is 1. The predicted molar refractivity (Wildman–Crippen MR) is 68.4 cm³/mol. The summed E-state index contributed by atoms with van der Waals surface area (Å²) in [7, 11) is -3.82. The van der Waals surface area contributed by atoms with E-state index in [2.05, 4.69) is 0 Å². The summed E-state index contributed by atoms with van der Waals surface area (Å²) >= 11 is 0. The molecule has 1 heterocycles. The number of rotatable bonds is 2. The lowest BCUT2D eigenvalue weighted by atomic mass is 9.98. The van der Waals surface area contributed by atoms with Crippen molar-refractivity contribution in [3.8, 4) is 0 Å². The van der Waals surface area contributed by atoms with Crippen molar-refractivity contribution in [1.82, 2.24) is 4.31 Å². The summed E-state index contributed by atoms with van der Waals surface area (Å²) in [6.45, 7) is -0.276. The maximum atomic E-state index is 12.6. The number of anilines is 1. The number of hydrogen-bond donors (Lipinski definition) is 1. The molecule has 1 aromatic carbocycles. The first-order chi connectivity index (χ1) is 9.23. The lowest BCUT2D eigenvalue weighted by Gasteiger charge is -2.32. The minimum atomic E-state index is -4.26. The molecule has 1 aliphatic rings. The molecule has 4 nitrogen and oxygen atoms in total. The summed E-state index contributed by atoms with van der Waals surface area (Å²) in [5, 5.41) is 0. The van der Waals surface area contributed by atoms with Gasteiger partial charge in [-0.2, -0.15) is 17.5 Å². The molecule has 0 bridgehead atoms. The van der Waals surface area contributed by atoms with Gasteiger partial charge in [-0.15, -0.1) is 0 Å². The van der Waals surface area contributed by atoms with Gasteiger partial charge in [0, 0.05) is 13.1 Å². The van der Waals surface area contributed by atoms with Crippen LogP contribution in [0.3, 0.4) is 0 Å². The van der Waals surface area contributed by atoms with Gasteiger partial charge in [0.1, 0.15) is 4.90 Å². The van der Waals surface area contributed by atoms with Crippen molar-refractivity contribution in [2.45, 2.75) is 23.9 Å². The third-order valence-electron chi connectivity index (χ3n) is 3.45. The van der Waals surface area contributed by atoms with E-state index in [9.17, 15) is 21.6 Å². The van der Waals surface area contributed by atoms with Gasteiger partial charge >= 0.3 is 6.18 Å². The minimum absolute atomic E-state index is 0.0505. The number of sulfonamides is 1. The van der Waals surface area contributed by atoms with Crippen LogP contribution in [-0.2, 0) is 10.0 Å². The number of alkyl halides is 3. The summed E-state index contributed by atoms with van der Waals surface area (Å²) < 4.78 is 63.4. The van der Waals surface area contributed by atoms with E-state index in [1.54, 1.807) is 6.07 Å². The third-order valence-corrected chi connectivity index (χ3v) is 5.43. The molecule has 0 aromatic heterocycles. The Morgan fingerprint density at radius 2 is 1.70 bits per heavy atom.